The van der Waals surface area contributed by atoms with Crippen molar-refractivity contribution in [1.29, 1.82) is 0 Å². The second-order valence-electron chi connectivity index (χ2n) is 11.4. The Bertz CT molecular complexity index is 1200. The quantitative estimate of drug-likeness (QED) is 0.520. The third-order valence-corrected chi connectivity index (χ3v) is 6.02. The van der Waals surface area contributed by atoms with E-state index < -0.39 is 0 Å². The molecule has 3 aromatic rings. The Kier molecular flexibility index (Phi) is 6.09. The molecule has 3 aromatic heterocycles. The van der Waals surface area contributed by atoms with Gasteiger partial charge >= 0.3 is 0 Å². The Morgan fingerprint density at radius 1 is 0.750 bits per heavy atom. The molecule has 0 unspecified atom stereocenters. The standard InChI is InChI=1S/C25H33N9O2/c1-24(2,3)20-12-33(31-29-20)10-16-14-35-22(26-16)18-8-7-9-19(28-18)23-27-17(15-36-23)11-34-13-21(30-32-34)25(4,5)6/h7-9,12-13,16-17H,10-11,14-15H2,1-6H3/t16-,17-/m1/s1. The van der Waals surface area contributed by atoms with E-state index in [9.17, 15) is 0 Å². The molecule has 0 saturated carbocycles. The Morgan fingerprint density at radius 3 is 1.58 bits per heavy atom. The first-order chi connectivity index (χ1) is 17.0. The number of hydrogen-bond acceptors (Lipinski definition) is 9. The molecule has 0 amide bonds. The van der Waals surface area contributed by atoms with Crippen molar-refractivity contribution in [2.24, 2.45) is 9.98 Å². The third-order valence-electron chi connectivity index (χ3n) is 6.02. The third kappa shape index (κ3) is 5.29. The fourth-order valence-corrected chi connectivity index (χ4v) is 3.87. The van der Waals surface area contributed by atoms with E-state index in [1.165, 1.54) is 0 Å². The number of aliphatic imine (C=N–C) groups is 2. The van der Waals surface area contributed by atoms with Crippen LogP contribution in [0.25, 0.3) is 0 Å². The van der Waals surface area contributed by atoms with Gasteiger partial charge in [0.15, 0.2) is 0 Å². The summed E-state index contributed by atoms with van der Waals surface area (Å²) in [5.41, 5.74) is 3.13. The van der Waals surface area contributed by atoms with Gasteiger partial charge in [0.1, 0.15) is 36.7 Å². The van der Waals surface area contributed by atoms with E-state index in [0.717, 1.165) is 11.4 Å². The normalized spacial score (nSPS) is 20.2. The number of aromatic nitrogens is 7. The molecule has 36 heavy (non-hydrogen) atoms. The highest BCUT2D eigenvalue weighted by molar-refractivity contribution is 5.97. The van der Waals surface area contributed by atoms with E-state index >= 15 is 0 Å². The van der Waals surface area contributed by atoms with E-state index in [1.54, 1.807) is 0 Å². The maximum Gasteiger partial charge on any atom is 0.235 e. The molecule has 0 radical (unpaired) electrons. The van der Waals surface area contributed by atoms with Crippen molar-refractivity contribution in [3.63, 3.8) is 0 Å². The van der Waals surface area contributed by atoms with Gasteiger partial charge < -0.3 is 9.47 Å². The lowest BCUT2D eigenvalue weighted by molar-refractivity contribution is 0.299. The van der Waals surface area contributed by atoms with Gasteiger partial charge in [0.25, 0.3) is 0 Å². The van der Waals surface area contributed by atoms with Crippen LogP contribution in [0.15, 0.2) is 40.6 Å². The van der Waals surface area contributed by atoms with Crippen LogP contribution in [0.2, 0.25) is 0 Å². The van der Waals surface area contributed by atoms with Crippen LogP contribution in [0.4, 0.5) is 0 Å². The molecular formula is C25H33N9O2. The zero-order chi connectivity index (χ0) is 25.5. The lowest BCUT2D eigenvalue weighted by atomic mass is 9.93. The predicted octanol–water partition coefficient (Wildman–Crippen LogP) is 2.55. The van der Waals surface area contributed by atoms with Crippen molar-refractivity contribution in [2.75, 3.05) is 13.2 Å². The minimum absolute atomic E-state index is 0.0438. The van der Waals surface area contributed by atoms with Crippen molar-refractivity contribution in [3.8, 4) is 0 Å². The van der Waals surface area contributed by atoms with Crippen LogP contribution >= 0.6 is 0 Å². The highest BCUT2D eigenvalue weighted by Gasteiger charge is 2.26. The van der Waals surface area contributed by atoms with Gasteiger partial charge in [-0.15, -0.1) is 10.2 Å². The van der Waals surface area contributed by atoms with Gasteiger partial charge in [-0.25, -0.2) is 24.3 Å². The topological polar surface area (TPSA) is 117 Å². The predicted molar refractivity (Wildman–Crippen MR) is 134 cm³/mol. The van der Waals surface area contributed by atoms with Gasteiger partial charge in [-0.3, -0.25) is 0 Å². The first-order valence-electron chi connectivity index (χ1n) is 12.2. The maximum atomic E-state index is 5.87. The van der Waals surface area contributed by atoms with Crippen LogP contribution in [0, 0.1) is 0 Å². The summed E-state index contributed by atoms with van der Waals surface area (Å²) >= 11 is 0. The van der Waals surface area contributed by atoms with Crippen molar-refractivity contribution in [1.82, 2.24) is 35.0 Å². The van der Waals surface area contributed by atoms with Crippen LogP contribution in [0.3, 0.4) is 0 Å². The highest BCUT2D eigenvalue weighted by Crippen LogP contribution is 2.21. The van der Waals surface area contributed by atoms with Crippen LogP contribution in [-0.4, -0.2) is 72.1 Å². The van der Waals surface area contributed by atoms with Crippen molar-refractivity contribution in [2.45, 2.75) is 77.5 Å². The van der Waals surface area contributed by atoms with Gasteiger partial charge in [-0.05, 0) is 12.1 Å². The molecule has 5 rings (SSSR count). The van der Waals surface area contributed by atoms with Gasteiger partial charge in [-0.2, -0.15) is 0 Å². The lowest BCUT2D eigenvalue weighted by Crippen LogP contribution is -2.16. The summed E-state index contributed by atoms with van der Waals surface area (Å²) in [7, 11) is 0. The monoisotopic (exact) mass is 491 g/mol. The Labute approximate surface area is 210 Å². The number of rotatable bonds is 6. The smallest absolute Gasteiger partial charge is 0.235 e. The molecule has 0 bridgehead atoms. The molecule has 0 aromatic carbocycles. The summed E-state index contributed by atoms with van der Waals surface area (Å²) in [6.45, 7) is 14.9. The molecule has 2 aliphatic rings. The summed E-state index contributed by atoms with van der Waals surface area (Å²) in [6.07, 6.45) is 3.95. The van der Waals surface area contributed by atoms with E-state index in [2.05, 4.69) is 62.2 Å². The molecule has 0 spiro atoms. The number of nitrogens with zero attached hydrogens (tertiary/aromatic N) is 9. The van der Waals surface area contributed by atoms with Gasteiger partial charge in [0, 0.05) is 23.2 Å². The summed E-state index contributed by atoms with van der Waals surface area (Å²) in [6, 6.07) is 5.58. The Balaban J connectivity index is 1.25. The fraction of sp³-hybridized carbons (Fsp3) is 0.560. The fourth-order valence-electron chi connectivity index (χ4n) is 3.87. The molecule has 11 nitrogen and oxygen atoms in total. The minimum Gasteiger partial charge on any atom is -0.474 e. The molecule has 190 valence electrons. The van der Waals surface area contributed by atoms with Crippen LogP contribution < -0.4 is 0 Å². The number of pyridine rings is 1. The molecule has 2 atom stereocenters. The summed E-state index contributed by atoms with van der Waals surface area (Å²) in [4.78, 5) is 14.2. The molecule has 5 heterocycles. The van der Waals surface area contributed by atoms with Crippen LogP contribution in [0.5, 0.6) is 0 Å². The Morgan fingerprint density at radius 2 is 1.19 bits per heavy atom. The molecule has 0 saturated heterocycles. The summed E-state index contributed by atoms with van der Waals surface area (Å²) in [5.74, 6) is 1.04. The van der Waals surface area contributed by atoms with Gasteiger partial charge in [0.05, 0.1) is 24.5 Å². The Hall–Kier alpha value is -3.63. The van der Waals surface area contributed by atoms with Crippen molar-refractivity contribution >= 4 is 11.8 Å². The first-order valence-corrected chi connectivity index (χ1v) is 12.2. The number of ether oxygens (including phenoxy) is 2. The summed E-state index contributed by atoms with van der Waals surface area (Å²) in [5, 5.41) is 17.1. The zero-order valence-electron chi connectivity index (χ0n) is 21.7. The van der Waals surface area contributed by atoms with Gasteiger partial charge in [-0.1, -0.05) is 58.0 Å². The first kappa shape index (κ1) is 24.1. The second kappa shape index (κ2) is 9.11. The molecule has 0 N–H and O–H groups in total. The average molecular weight is 492 g/mol. The minimum atomic E-state index is -0.0508. The largest absolute Gasteiger partial charge is 0.474 e. The second-order valence-corrected chi connectivity index (χ2v) is 11.4. The van der Waals surface area contributed by atoms with Crippen molar-refractivity contribution < 1.29 is 9.47 Å². The molecule has 2 aliphatic heterocycles. The molecular weight excluding hydrogens is 458 g/mol. The maximum absolute atomic E-state index is 5.87. The molecule has 11 heteroatoms. The number of hydrogen-bond donors (Lipinski definition) is 0. The van der Waals surface area contributed by atoms with E-state index in [-0.39, 0.29) is 22.9 Å². The molecule has 0 aliphatic carbocycles. The average Bonchev–Trinajstić information content (AvgIpc) is 3.61. The lowest BCUT2D eigenvalue weighted by Gasteiger charge is -2.13. The zero-order valence-corrected chi connectivity index (χ0v) is 21.7. The van der Waals surface area contributed by atoms with E-state index in [4.69, 9.17) is 24.4 Å². The van der Waals surface area contributed by atoms with Crippen LogP contribution in [-0.2, 0) is 33.4 Å². The van der Waals surface area contributed by atoms with Gasteiger partial charge in [0.2, 0.25) is 11.8 Å². The van der Waals surface area contributed by atoms with Crippen LogP contribution in [0.1, 0.15) is 64.3 Å². The van der Waals surface area contributed by atoms with Crippen molar-refractivity contribution in [3.05, 3.63) is 53.4 Å². The van der Waals surface area contributed by atoms with E-state index in [1.807, 2.05) is 40.0 Å². The highest BCUT2D eigenvalue weighted by atomic mass is 16.5. The SMILES string of the molecule is CC(C)(C)c1cn(C[C@@H]2COC(c3cccc(C4=N[C@H](Cn5cc(C(C)(C)C)nn5)CO4)n3)=N2)nn1. The van der Waals surface area contributed by atoms with E-state index in [0.29, 0.717) is 49.5 Å². The molecule has 0 fully saturated rings. The summed E-state index contributed by atoms with van der Waals surface area (Å²) < 4.78 is 15.4.